The van der Waals surface area contributed by atoms with Crippen molar-refractivity contribution in [2.24, 2.45) is 0 Å². The Balaban J connectivity index is 2.56. The Morgan fingerprint density at radius 2 is 2.27 bits per heavy atom. The highest BCUT2D eigenvalue weighted by atomic mass is 14.6. The lowest BCUT2D eigenvalue weighted by atomic mass is 10.1. The zero-order valence-corrected chi connectivity index (χ0v) is 7.30. The molecule has 1 rings (SSSR count). The largest absolute Gasteiger partial charge is 0.262 e. The van der Waals surface area contributed by atoms with Crippen LogP contribution in [0.2, 0.25) is 0 Å². The van der Waals surface area contributed by atoms with Gasteiger partial charge in [-0.3, -0.25) is 4.98 Å². The van der Waals surface area contributed by atoms with E-state index in [9.17, 15) is 0 Å². The first-order valence-electron chi connectivity index (χ1n) is 4.24. The van der Waals surface area contributed by atoms with E-state index in [2.05, 4.69) is 24.0 Å². The second kappa shape index (κ2) is 4.12. The maximum Gasteiger partial charge on any atom is 0.0375 e. The van der Waals surface area contributed by atoms with Crippen molar-refractivity contribution in [3.8, 4) is 0 Å². The van der Waals surface area contributed by atoms with Crippen LogP contribution in [0.3, 0.4) is 0 Å². The lowest BCUT2D eigenvalue weighted by Crippen LogP contribution is -1.87. The summed E-state index contributed by atoms with van der Waals surface area (Å²) in [7, 11) is 0. The van der Waals surface area contributed by atoms with Crippen molar-refractivity contribution in [2.45, 2.75) is 33.1 Å². The normalized spacial score (nSPS) is 10.0. The van der Waals surface area contributed by atoms with Gasteiger partial charge in [0.15, 0.2) is 0 Å². The van der Waals surface area contributed by atoms with E-state index in [1.165, 1.54) is 24.8 Å². The zero-order chi connectivity index (χ0) is 8.10. The SMILES string of the molecule is CCCCc1ccnc(C)c1. The van der Waals surface area contributed by atoms with Gasteiger partial charge < -0.3 is 0 Å². The average molecular weight is 149 g/mol. The topological polar surface area (TPSA) is 12.9 Å². The Hall–Kier alpha value is -0.850. The fraction of sp³-hybridized carbons (Fsp3) is 0.500. The van der Waals surface area contributed by atoms with Crippen molar-refractivity contribution in [2.75, 3.05) is 0 Å². The maximum absolute atomic E-state index is 4.15. The van der Waals surface area contributed by atoms with Crippen molar-refractivity contribution in [1.29, 1.82) is 0 Å². The average Bonchev–Trinajstić information content (AvgIpc) is 2.01. The van der Waals surface area contributed by atoms with E-state index in [1.54, 1.807) is 0 Å². The van der Waals surface area contributed by atoms with Gasteiger partial charge in [-0.15, -0.1) is 0 Å². The molecule has 0 aromatic carbocycles. The molecule has 0 aliphatic rings. The van der Waals surface area contributed by atoms with Crippen LogP contribution in [0.25, 0.3) is 0 Å². The van der Waals surface area contributed by atoms with E-state index in [0.717, 1.165) is 5.69 Å². The summed E-state index contributed by atoms with van der Waals surface area (Å²) in [4.78, 5) is 4.15. The summed E-state index contributed by atoms with van der Waals surface area (Å²) >= 11 is 0. The molecule has 0 saturated carbocycles. The van der Waals surface area contributed by atoms with Crippen molar-refractivity contribution in [3.05, 3.63) is 29.6 Å². The summed E-state index contributed by atoms with van der Waals surface area (Å²) in [5.74, 6) is 0. The van der Waals surface area contributed by atoms with Crippen LogP contribution < -0.4 is 0 Å². The van der Waals surface area contributed by atoms with Gasteiger partial charge in [0.05, 0.1) is 0 Å². The Morgan fingerprint density at radius 1 is 1.45 bits per heavy atom. The van der Waals surface area contributed by atoms with Crippen LogP contribution in [0.15, 0.2) is 18.3 Å². The van der Waals surface area contributed by atoms with Crippen LogP contribution in [-0.4, -0.2) is 4.98 Å². The molecule has 0 bridgehead atoms. The lowest BCUT2D eigenvalue weighted by molar-refractivity contribution is 0.793. The summed E-state index contributed by atoms with van der Waals surface area (Å²) in [6.45, 7) is 4.25. The minimum absolute atomic E-state index is 1.12. The van der Waals surface area contributed by atoms with E-state index in [1.807, 2.05) is 13.1 Å². The zero-order valence-electron chi connectivity index (χ0n) is 7.30. The molecule has 1 heteroatoms. The van der Waals surface area contributed by atoms with Crippen LogP contribution in [0, 0.1) is 6.92 Å². The molecule has 0 spiro atoms. The van der Waals surface area contributed by atoms with Crippen LogP contribution in [-0.2, 0) is 6.42 Å². The molecule has 1 nitrogen and oxygen atoms in total. The molecular weight excluding hydrogens is 134 g/mol. The van der Waals surface area contributed by atoms with Gasteiger partial charge in [0.25, 0.3) is 0 Å². The monoisotopic (exact) mass is 149 g/mol. The van der Waals surface area contributed by atoms with Gasteiger partial charge in [0.2, 0.25) is 0 Å². The first-order chi connectivity index (χ1) is 5.33. The second-order valence-electron chi connectivity index (χ2n) is 2.91. The molecule has 0 amide bonds. The van der Waals surface area contributed by atoms with E-state index < -0.39 is 0 Å². The van der Waals surface area contributed by atoms with E-state index in [4.69, 9.17) is 0 Å². The van der Waals surface area contributed by atoms with Gasteiger partial charge in [-0.1, -0.05) is 13.3 Å². The first-order valence-corrected chi connectivity index (χ1v) is 4.24. The number of nitrogens with zero attached hydrogens (tertiary/aromatic N) is 1. The van der Waals surface area contributed by atoms with Crippen molar-refractivity contribution < 1.29 is 0 Å². The van der Waals surface area contributed by atoms with E-state index in [-0.39, 0.29) is 0 Å². The van der Waals surface area contributed by atoms with Gasteiger partial charge >= 0.3 is 0 Å². The highest BCUT2D eigenvalue weighted by Crippen LogP contribution is 2.04. The third kappa shape index (κ3) is 2.71. The second-order valence-corrected chi connectivity index (χ2v) is 2.91. The molecule has 0 fully saturated rings. The predicted octanol–water partition coefficient (Wildman–Crippen LogP) is 2.73. The van der Waals surface area contributed by atoms with Crippen molar-refractivity contribution in [3.63, 3.8) is 0 Å². The number of hydrogen-bond donors (Lipinski definition) is 0. The number of aryl methyl sites for hydroxylation is 2. The molecule has 11 heavy (non-hydrogen) atoms. The minimum atomic E-state index is 1.12. The predicted molar refractivity (Wildman–Crippen MR) is 47.6 cm³/mol. The summed E-state index contributed by atoms with van der Waals surface area (Å²) in [6, 6.07) is 4.26. The fourth-order valence-electron chi connectivity index (χ4n) is 1.14. The number of pyridine rings is 1. The minimum Gasteiger partial charge on any atom is -0.262 e. The van der Waals surface area contributed by atoms with Crippen LogP contribution in [0.4, 0.5) is 0 Å². The van der Waals surface area contributed by atoms with Crippen molar-refractivity contribution >= 4 is 0 Å². The van der Waals surface area contributed by atoms with Crippen LogP contribution in [0.1, 0.15) is 31.0 Å². The van der Waals surface area contributed by atoms with Crippen LogP contribution in [0.5, 0.6) is 0 Å². The quantitative estimate of drug-likeness (QED) is 0.644. The Labute approximate surface area is 68.5 Å². The molecule has 1 aromatic heterocycles. The lowest BCUT2D eigenvalue weighted by Gasteiger charge is -1.99. The molecule has 0 N–H and O–H groups in total. The van der Waals surface area contributed by atoms with Crippen LogP contribution >= 0.6 is 0 Å². The van der Waals surface area contributed by atoms with Gasteiger partial charge in [0, 0.05) is 11.9 Å². The molecule has 0 aliphatic carbocycles. The first kappa shape index (κ1) is 8.25. The van der Waals surface area contributed by atoms with Gasteiger partial charge in [-0.25, -0.2) is 0 Å². The summed E-state index contributed by atoms with van der Waals surface area (Å²) in [6.07, 6.45) is 5.63. The van der Waals surface area contributed by atoms with Gasteiger partial charge in [-0.05, 0) is 37.5 Å². The number of rotatable bonds is 3. The number of aromatic nitrogens is 1. The molecule has 0 saturated heterocycles. The molecular formula is C10H15N. The Kier molecular flexibility index (Phi) is 3.09. The van der Waals surface area contributed by atoms with Crippen molar-refractivity contribution in [1.82, 2.24) is 4.98 Å². The maximum atomic E-state index is 4.15. The molecule has 1 aromatic rings. The third-order valence-electron chi connectivity index (χ3n) is 1.78. The molecule has 60 valence electrons. The highest BCUT2D eigenvalue weighted by Gasteiger charge is 1.91. The summed E-state index contributed by atoms with van der Waals surface area (Å²) < 4.78 is 0. The van der Waals surface area contributed by atoms with E-state index in [0.29, 0.717) is 0 Å². The highest BCUT2D eigenvalue weighted by molar-refractivity contribution is 5.15. The molecule has 0 radical (unpaired) electrons. The Morgan fingerprint density at radius 3 is 2.91 bits per heavy atom. The van der Waals surface area contributed by atoms with E-state index >= 15 is 0 Å². The smallest absolute Gasteiger partial charge is 0.0375 e. The summed E-state index contributed by atoms with van der Waals surface area (Å²) in [5, 5.41) is 0. The van der Waals surface area contributed by atoms with Gasteiger partial charge in [-0.2, -0.15) is 0 Å². The summed E-state index contributed by atoms with van der Waals surface area (Å²) in [5.41, 5.74) is 2.54. The Bertz CT molecular complexity index is 218. The number of unbranched alkanes of at least 4 members (excludes halogenated alkanes) is 1. The fourth-order valence-corrected chi connectivity index (χ4v) is 1.14. The van der Waals surface area contributed by atoms with Gasteiger partial charge in [0.1, 0.15) is 0 Å². The standard InChI is InChI=1S/C10H15N/c1-3-4-5-10-6-7-11-9(2)8-10/h6-8H,3-5H2,1-2H3. The third-order valence-corrected chi connectivity index (χ3v) is 1.78. The molecule has 0 aliphatic heterocycles. The molecule has 0 atom stereocenters. The molecule has 1 heterocycles. The number of hydrogen-bond acceptors (Lipinski definition) is 1. The molecule has 0 unspecified atom stereocenters.